The second kappa shape index (κ2) is 5.48. The Hall–Kier alpha value is -2.75. The number of hydrogen-bond acceptors (Lipinski definition) is 3. The van der Waals surface area contributed by atoms with Gasteiger partial charge in [-0.2, -0.15) is 4.39 Å². The lowest BCUT2D eigenvalue weighted by molar-refractivity contribution is 0.483. The van der Waals surface area contributed by atoms with Gasteiger partial charge in [0.25, 0.3) is 0 Å². The SMILES string of the molecule is Fc1cc(-c2cnccc2Oc2ccccc2)ccn1. The van der Waals surface area contributed by atoms with E-state index >= 15 is 0 Å². The van der Waals surface area contributed by atoms with Gasteiger partial charge in [0.1, 0.15) is 11.5 Å². The van der Waals surface area contributed by atoms with Gasteiger partial charge >= 0.3 is 0 Å². The normalized spacial score (nSPS) is 10.2. The molecule has 0 amide bonds. The Balaban J connectivity index is 2.00. The maximum absolute atomic E-state index is 13.2. The van der Waals surface area contributed by atoms with Gasteiger partial charge in [0.05, 0.1) is 0 Å². The summed E-state index contributed by atoms with van der Waals surface area (Å²) in [6, 6.07) is 14.2. The van der Waals surface area contributed by atoms with Crippen molar-refractivity contribution in [1.29, 1.82) is 0 Å². The molecule has 98 valence electrons. The summed E-state index contributed by atoms with van der Waals surface area (Å²) in [4.78, 5) is 7.62. The molecule has 0 aliphatic carbocycles. The lowest BCUT2D eigenvalue weighted by Crippen LogP contribution is -1.90. The monoisotopic (exact) mass is 266 g/mol. The van der Waals surface area contributed by atoms with E-state index in [-0.39, 0.29) is 0 Å². The molecule has 20 heavy (non-hydrogen) atoms. The molecule has 0 bridgehead atoms. The Morgan fingerprint density at radius 3 is 2.60 bits per heavy atom. The van der Waals surface area contributed by atoms with Gasteiger partial charge in [0, 0.05) is 30.2 Å². The molecule has 4 heteroatoms. The number of rotatable bonds is 3. The minimum Gasteiger partial charge on any atom is -0.457 e. The predicted molar refractivity (Wildman–Crippen MR) is 73.9 cm³/mol. The molecule has 0 aliphatic rings. The molecule has 0 aliphatic heterocycles. The molecule has 0 radical (unpaired) electrons. The molecule has 1 aromatic carbocycles. The highest BCUT2D eigenvalue weighted by molar-refractivity contribution is 5.69. The third-order valence-corrected chi connectivity index (χ3v) is 2.79. The van der Waals surface area contributed by atoms with Crippen molar-refractivity contribution in [3.8, 4) is 22.6 Å². The van der Waals surface area contributed by atoms with Crippen LogP contribution in [0.15, 0.2) is 67.1 Å². The number of pyridine rings is 2. The topological polar surface area (TPSA) is 35.0 Å². The minimum absolute atomic E-state index is 0.531. The zero-order valence-electron chi connectivity index (χ0n) is 10.5. The highest BCUT2D eigenvalue weighted by atomic mass is 19.1. The van der Waals surface area contributed by atoms with E-state index in [4.69, 9.17) is 4.74 Å². The smallest absolute Gasteiger partial charge is 0.213 e. The van der Waals surface area contributed by atoms with E-state index in [0.717, 1.165) is 11.3 Å². The third kappa shape index (κ3) is 2.64. The van der Waals surface area contributed by atoms with Crippen molar-refractivity contribution < 1.29 is 9.13 Å². The quantitative estimate of drug-likeness (QED) is 0.670. The number of nitrogens with zero attached hydrogens (tertiary/aromatic N) is 2. The van der Waals surface area contributed by atoms with E-state index in [1.54, 1.807) is 24.5 Å². The largest absolute Gasteiger partial charge is 0.457 e. The highest BCUT2D eigenvalue weighted by Crippen LogP contribution is 2.32. The number of ether oxygens (including phenoxy) is 1. The summed E-state index contributed by atoms with van der Waals surface area (Å²) in [7, 11) is 0. The Labute approximate surface area is 115 Å². The van der Waals surface area contributed by atoms with Gasteiger partial charge in [-0.3, -0.25) is 4.98 Å². The number of aromatic nitrogens is 2. The molecule has 0 unspecified atom stereocenters. The molecule has 2 heterocycles. The van der Waals surface area contributed by atoms with Crippen molar-refractivity contribution in [2.45, 2.75) is 0 Å². The summed E-state index contributed by atoms with van der Waals surface area (Å²) >= 11 is 0. The first-order valence-corrected chi connectivity index (χ1v) is 6.12. The predicted octanol–water partition coefficient (Wildman–Crippen LogP) is 4.08. The molecule has 0 saturated carbocycles. The molecular formula is C16H11FN2O. The first-order chi connectivity index (χ1) is 9.83. The first kappa shape index (κ1) is 12.3. The van der Waals surface area contributed by atoms with Crippen molar-refractivity contribution in [2.24, 2.45) is 0 Å². The molecule has 0 atom stereocenters. The van der Waals surface area contributed by atoms with Crippen molar-refractivity contribution in [2.75, 3.05) is 0 Å². The van der Waals surface area contributed by atoms with Gasteiger partial charge in [-0.25, -0.2) is 4.98 Å². The molecule has 0 fully saturated rings. The van der Waals surface area contributed by atoms with E-state index in [1.807, 2.05) is 30.3 Å². The molecule has 3 nitrogen and oxygen atoms in total. The van der Waals surface area contributed by atoms with Gasteiger partial charge in [0.15, 0.2) is 0 Å². The van der Waals surface area contributed by atoms with Crippen LogP contribution in [0.4, 0.5) is 4.39 Å². The van der Waals surface area contributed by atoms with E-state index in [1.165, 1.54) is 12.3 Å². The van der Waals surface area contributed by atoms with Crippen LogP contribution in [0.2, 0.25) is 0 Å². The van der Waals surface area contributed by atoms with E-state index < -0.39 is 5.95 Å². The number of halogens is 1. The molecule has 0 N–H and O–H groups in total. The molecule has 3 aromatic rings. The molecule has 0 spiro atoms. The second-order valence-corrected chi connectivity index (χ2v) is 4.15. The van der Waals surface area contributed by atoms with Crippen molar-refractivity contribution in [1.82, 2.24) is 9.97 Å². The highest BCUT2D eigenvalue weighted by Gasteiger charge is 2.08. The lowest BCUT2D eigenvalue weighted by Gasteiger charge is -2.10. The van der Waals surface area contributed by atoms with E-state index in [0.29, 0.717) is 11.3 Å². The van der Waals surface area contributed by atoms with Crippen LogP contribution >= 0.6 is 0 Å². The maximum Gasteiger partial charge on any atom is 0.213 e. The summed E-state index contributed by atoms with van der Waals surface area (Å²) in [6.45, 7) is 0. The fraction of sp³-hybridized carbons (Fsp3) is 0. The summed E-state index contributed by atoms with van der Waals surface area (Å²) in [5.74, 6) is 0.809. The van der Waals surface area contributed by atoms with Crippen molar-refractivity contribution >= 4 is 0 Å². The van der Waals surface area contributed by atoms with Gasteiger partial charge in [-0.15, -0.1) is 0 Å². The van der Waals surface area contributed by atoms with E-state index in [9.17, 15) is 4.39 Å². The van der Waals surface area contributed by atoms with Gasteiger partial charge in [-0.05, 0) is 29.8 Å². The van der Waals surface area contributed by atoms with Crippen molar-refractivity contribution in [3.63, 3.8) is 0 Å². The average molecular weight is 266 g/mol. The molecule has 0 saturated heterocycles. The van der Waals surface area contributed by atoms with Crippen LogP contribution in [-0.4, -0.2) is 9.97 Å². The standard InChI is InChI=1S/C16H11FN2O/c17-16-10-12(6-9-19-16)14-11-18-8-7-15(14)20-13-4-2-1-3-5-13/h1-11H. The third-order valence-electron chi connectivity index (χ3n) is 2.79. The Morgan fingerprint density at radius 2 is 1.80 bits per heavy atom. The fourth-order valence-electron chi connectivity index (χ4n) is 1.87. The summed E-state index contributed by atoms with van der Waals surface area (Å²) in [5.41, 5.74) is 1.40. The number of benzene rings is 1. The van der Waals surface area contributed by atoms with Crippen LogP contribution in [-0.2, 0) is 0 Å². The molecule has 2 aromatic heterocycles. The van der Waals surface area contributed by atoms with Crippen molar-refractivity contribution in [3.05, 3.63) is 73.1 Å². The number of hydrogen-bond donors (Lipinski definition) is 0. The zero-order valence-corrected chi connectivity index (χ0v) is 10.5. The summed E-state index contributed by atoms with van der Waals surface area (Å²) < 4.78 is 19.1. The molecule has 3 rings (SSSR count). The Bertz CT molecular complexity index is 716. The number of para-hydroxylation sites is 1. The van der Waals surface area contributed by atoms with Crippen LogP contribution in [0.3, 0.4) is 0 Å². The van der Waals surface area contributed by atoms with Crippen LogP contribution in [0, 0.1) is 5.95 Å². The molecular weight excluding hydrogens is 255 g/mol. The minimum atomic E-state index is -0.531. The Morgan fingerprint density at radius 1 is 0.950 bits per heavy atom. The summed E-state index contributed by atoms with van der Waals surface area (Å²) in [5, 5.41) is 0. The van der Waals surface area contributed by atoms with Crippen LogP contribution < -0.4 is 4.74 Å². The van der Waals surface area contributed by atoms with Crippen LogP contribution in [0.25, 0.3) is 11.1 Å². The average Bonchev–Trinajstić information content (AvgIpc) is 2.49. The fourth-order valence-corrected chi connectivity index (χ4v) is 1.87. The van der Waals surface area contributed by atoms with Gasteiger partial charge in [0.2, 0.25) is 5.95 Å². The maximum atomic E-state index is 13.2. The van der Waals surface area contributed by atoms with Crippen LogP contribution in [0.1, 0.15) is 0 Å². The van der Waals surface area contributed by atoms with Crippen LogP contribution in [0.5, 0.6) is 11.5 Å². The first-order valence-electron chi connectivity index (χ1n) is 6.12. The van der Waals surface area contributed by atoms with Gasteiger partial charge in [-0.1, -0.05) is 18.2 Å². The summed E-state index contributed by atoms with van der Waals surface area (Å²) in [6.07, 6.45) is 4.70. The Kier molecular flexibility index (Phi) is 3.37. The zero-order chi connectivity index (χ0) is 13.8. The van der Waals surface area contributed by atoms with E-state index in [2.05, 4.69) is 9.97 Å². The van der Waals surface area contributed by atoms with Gasteiger partial charge < -0.3 is 4.74 Å². The second-order valence-electron chi connectivity index (χ2n) is 4.15. The lowest BCUT2D eigenvalue weighted by atomic mass is 10.1.